The van der Waals surface area contributed by atoms with Crippen molar-refractivity contribution < 1.29 is 0 Å². The maximum atomic E-state index is 2.74. The van der Waals surface area contributed by atoms with E-state index in [4.69, 9.17) is 0 Å². The fourth-order valence-corrected chi connectivity index (χ4v) is 3.87. The van der Waals surface area contributed by atoms with Crippen LogP contribution in [0.5, 0.6) is 0 Å². The predicted molar refractivity (Wildman–Crippen MR) is 103 cm³/mol. The Balaban J connectivity index is 4.71. The molecule has 2 unspecified atom stereocenters. The fraction of sp³-hybridized carbons (Fsp3) is 1.00. The first-order chi connectivity index (χ1) is 10.7. The lowest BCUT2D eigenvalue weighted by atomic mass is 9.85. The summed E-state index contributed by atoms with van der Waals surface area (Å²) in [7, 11) is 0. The number of hydrogen-bond acceptors (Lipinski definition) is 1. The SMILES string of the molecule is CCCCC(CC)CC(CC(CC)CCCC)N(CC)CC. The zero-order chi connectivity index (χ0) is 16.8. The van der Waals surface area contributed by atoms with Crippen molar-refractivity contribution in [1.82, 2.24) is 4.90 Å². The van der Waals surface area contributed by atoms with Gasteiger partial charge in [-0.3, -0.25) is 0 Å². The van der Waals surface area contributed by atoms with Crippen LogP contribution in [0.1, 0.15) is 106 Å². The lowest BCUT2D eigenvalue weighted by molar-refractivity contribution is 0.146. The van der Waals surface area contributed by atoms with Crippen LogP contribution in [-0.4, -0.2) is 24.0 Å². The van der Waals surface area contributed by atoms with Gasteiger partial charge in [-0.2, -0.15) is 0 Å². The quantitative estimate of drug-likeness (QED) is 0.317. The van der Waals surface area contributed by atoms with Crippen molar-refractivity contribution >= 4 is 0 Å². The van der Waals surface area contributed by atoms with Crippen LogP contribution in [0.4, 0.5) is 0 Å². The molecule has 0 aromatic rings. The molecule has 0 N–H and O–H groups in total. The van der Waals surface area contributed by atoms with Gasteiger partial charge >= 0.3 is 0 Å². The molecule has 1 nitrogen and oxygen atoms in total. The zero-order valence-electron chi connectivity index (χ0n) is 16.7. The second-order valence-corrected chi connectivity index (χ2v) is 7.18. The third-order valence-electron chi connectivity index (χ3n) is 5.63. The zero-order valence-corrected chi connectivity index (χ0v) is 16.7. The van der Waals surface area contributed by atoms with E-state index in [1.54, 1.807) is 0 Å². The van der Waals surface area contributed by atoms with Gasteiger partial charge in [-0.25, -0.2) is 0 Å². The highest BCUT2D eigenvalue weighted by Gasteiger charge is 2.23. The lowest BCUT2D eigenvalue weighted by Crippen LogP contribution is -2.38. The van der Waals surface area contributed by atoms with Crippen LogP contribution in [0.15, 0.2) is 0 Å². The van der Waals surface area contributed by atoms with E-state index in [9.17, 15) is 0 Å². The molecule has 0 saturated heterocycles. The summed E-state index contributed by atoms with van der Waals surface area (Å²) in [4.78, 5) is 2.74. The van der Waals surface area contributed by atoms with Crippen LogP contribution in [0.3, 0.4) is 0 Å². The Morgan fingerprint density at radius 2 is 1.05 bits per heavy atom. The van der Waals surface area contributed by atoms with Gasteiger partial charge in [0.15, 0.2) is 0 Å². The molecule has 1 heteroatoms. The summed E-state index contributed by atoms with van der Waals surface area (Å²) >= 11 is 0. The number of hydrogen-bond donors (Lipinski definition) is 0. The molecule has 0 fully saturated rings. The maximum Gasteiger partial charge on any atom is 0.0100 e. The van der Waals surface area contributed by atoms with Crippen molar-refractivity contribution in [3.8, 4) is 0 Å². The molecule has 134 valence electrons. The minimum atomic E-state index is 0.818. The Hall–Kier alpha value is -0.0400. The first kappa shape index (κ1) is 22.0. The van der Waals surface area contributed by atoms with Crippen LogP contribution < -0.4 is 0 Å². The Bertz CT molecular complexity index is 204. The van der Waals surface area contributed by atoms with Crippen LogP contribution >= 0.6 is 0 Å². The summed E-state index contributed by atoms with van der Waals surface area (Å²) in [6, 6.07) is 0.818. The first-order valence-corrected chi connectivity index (χ1v) is 10.4. The molecular weight excluding hydrogens is 266 g/mol. The van der Waals surface area contributed by atoms with E-state index in [0.717, 1.165) is 17.9 Å². The third-order valence-corrected chi connectivity index (χ3v) is 5.63. The molecule has 0 heterocycles. The summed E-state index contributed by atoms with van der Waals surface area (Å²) < 4.78 is 0. The molecule has 0 spiro atoms. The van der Waals surface area contributed by atoms with Crippen LogP contribution in [-0.2, 0) is 0 Å². The Kier molecular flexibility index (Phi) is 14.5. The molecule has 0 aliphatic carbocycles. The molecule has 0 aromatic carbocycles. The second-order valence-electron chi connectivity index (χ2n) is 7.18. The molecule has 22 heavy (non-hydrogen) atoms. The van der Waals surface area contributed by atoms with Crippen molar-refractivity contribution in [1.29, 1.82) is 0 Å². The van der Waals surface area contributed by atoms with E-state index in [2.05, 4.69) is 46.4 Å². The van der Waals surface area contributed by atoms with Crippen molar-refractivity contribution in [2.45, 2.75) is 112 Å². The summed E-state index contributed by atoms with van der Waals surface area (Å²) in [6.45, 7) is 16.6. The number of rotatable bonds is 15. The molecule has 0 saturated carbocycles. The van der Waals surface area contributed by atoms with Gasteiger partial charge in [0.1, 0.15) is 0 Å². The van der Waals surface area contributed by atoms with Crippen molar-refractivity contribution in [2.75, 3.05) is 13.1 Å². The minimum absolute atomic E-state index is 0.818. The molecule has 0 bridgehead atoms. The molecule has 0 rings (SSSR count). The van der Waals surface area contributed by atoms with E-state index < -0.39 is 0 Å². The normalized spacial score (nSPS) is 16.0. The average Bonchev–Trinajstić information content (AvgIpc) is 2.55. The fourth-order valence-electron chi connectivity index (χ4n) is 3.87. The second kappa shape index (κ2) is 14.5. The van der Waals surface area contributed by atoms with E-state index in [0.29, 0.717) is 0 Å². The Morgan fingerprint density at radius 1 is 0.636 bits per heavy atom. The number of unbranched alkanes of at least 4 members (excludes halogenated alkanes) is 2. The molecule has 0 amide bonds. The van der Waals surface area contributed by atoms with Gasteiger partial charge in [0.25, 0.3) is 0 Å². The highest BCUT2D eigenvalue weighted by Crippen LogP contribution is 2.28. The largest absolute Gasteiger partial charge is 0.301 e. The van der Waals surface area contributed by atoms with Gasteiger partial charge in [0.05, 0.1) is 0 Å². The smallest absolute Gasteiger partial charge is 0.0100 e. The van der Waals surface area contributed by atoms with Gasteiger partial charge in [-0.15, -0.1) is 0 Å². The average molecular weight is 312 g/mol. The number of nitrogens with zero attached hydrogens (tertiary/aromatic N) is 1. The molecular formula is C21H45N. The standard InChI is InChI=1S/C21H45N/c1-7-13-15-19(9-3)17-21(22(11-5)12-6)18-20(10-4)16-14-8-2/h19-21H,7-18H2,1-6H3. The Labute approximate surface area is 142 Å². The van der Waals surface area contributed by atoms with E-state index in [1.807, 2.05) is 0 Å². The maximum absolute atomic E-state index is 2.74. The molecule has 0 aromatic heterocycles. The van der Waals surface area contributed by atoms with Crippen LogP contribution in [0.2, 0.25) is 0 Å². The highest BCUT2D eigenvalue weighted by atomic mass is 15.1. The van der Waals surface area contributed by atoms with Crippen molar-refractivity contribution in [2.24, 2.45) is 11.8 Å². The van der Waals surface area contributed by atoms with Crippen molar-refractivity contribution in [3.63, 3.8) is 0 Å². The van der Waals surface area contributed by atoms with E-state index in [1.165, 1.54) is 77.3 Å². The van der Waals surface area contributed by atoms with E-state index in [-0.39, 0.29) is 0 Å². The summed E-state index contributed by atoms with van der Waals surface area (Å²) in [6.07, 6.45) is 14.0. The molecule has 0 aliphatic heterocycles. The third kappa shape index (κ3) is 9.18. The molecule has 0 radical (unpaired) electrons. The monoisotopic (exact) mass is 311 g/mol. The minimum Gasteiger partial charge on any atom is -0.301 e. The van der Waals surface area contributed by atoms with Crippen LogP contribution in [0.25, 0.3) is 0 Å². The van der Waals surface area contributed by atoms with Gasteiger partial charge in [0, 0.05) is 6.04 Å². The summed E-state index contributed by atoms with van der Waals surface area (Å²) in [5, 5.41) is 0. The van der Waals surface area contributed by atoms with Gasteiger partial charge in [-0.05, 0) is 37.8 Å². The van der Waals surface area contributed by atoms with Crippen LogP contribution in [0, 0.1) is 11.8 Å². The first-order valence-electron chi connectivity index (χ1n) is 10.4. The van der Waals surface area contributed by atoms with E-state index >= 15 is 0 Å². The highest BCUT2D eigenvalue weighted by molar-refractivity contribution is 4.77. The molecule has 0 aliphatic rings. The molecule has 2 atom stereocenters. The predicted octanol–water partition coefficient (Wildman–Crippen LogP) is 6.91. The van der Waals surface area contributed by atoms with Gasteiger partial charge in [-0.1, -0.05) is 92.9 Å². The van der Waals surface area contributed by atoms with Gasteiger partial charge in [0.2, 0.25) is 0 Å². The lowest BCUT2D eigenvalue weighted by Gasteiger charge is -2.35. The van der Waals surface area contributed by atoms with Crippen molar-refractivity contribution in [3.05, 3.63) is 0 Å². The summed E-state index contributed by atoms with van der Waals surface area (Å²) in [5.74, 6) is 1.88. The Morgan fingerprint density at radius 3 is 1.32 bits per heavy atom. The topological polar surface area (TPSA) is 3.24 Å². The summed E-state index contributed by atoms with van der Waals surface area (Å²) in [5.41, 5.74) is 0. The van der Waals surface area contributed by atoms with Gasteiger partial charge < -0.3 is 4.90 Å².